The van der Waals surface area contributed by atoms with Gasteiger partial charge in [-0.1, -0.05) is 18.2 Å². The van der Waals surface area contributed by atoms with E-state index >= 15 is 0 Å². The normalized spacial score (nSPS) is 25.6. The van der Waals surface area contributed by atoms with E-state index in [9.17, 15) is 4.39 Å². The molecule has 0 aliphatic carbocycles. The molecule has 3 rings (SSSR count). The second-order valence-electron chi connectivity index (χ2n) is 6.05. The van der Waals surface area contributed by atoms with Crippen LogP contribution in [0.2, 0.25) is 0 Å². The maximum atomic E-state index is 13.7. The van der Waals surface area contributed by atoms with Crippen LogP contribution in [0.5, 0.6) is 0 Å². The molecule has 0 bridgehead atoms. The predicted molar refractivity (Wildman–Crippen MR) is 79.0 cm³/mol. The molecule has 20 heavy (non-hydrogen) atoms. The van der Waals surface area contributed by atoms with Gasteiger partial charge in [-0.2, -0.15) is 0 Å². The standard InChI is InChI=1S/C16H24FN3/c17-15-6-2-1-5-14(15)16(18)7-9-19-10-11-20-8-3-4-13(20)12-19/h1-2,5-6,13,16H,3-4,7-12,18H2. The minimum Gasteiger partial charge on any atom is -0.324 e. The summed E-state index contributed by atoms with van der Waals surface area (Å²) < 4.78 is 13.7. The van der Waals surface area contributed by atoms with Crippen molar-refractivity contribution >= 4 is 0 Å². The number of rotatable bonds is 4. The predicted octanol–water partition coefficient (Wildman–Crippen LogP) is 2.00. The van der Waals surface area contributed by atoms with Crippen LogP contribution in [0.15, 0.2) is 24.3 Å². The van der Waals surface area contributed by atoms with Crippen molar-refractivity contribution in [1.29, 1.82) is 0 Å². The highest BCUT2D eigenvalue weighted by Gasteiger charge is 2.30. The fraction of sp³-hybridized carbons (Fsp3) is 0.625. The molecule has 0 saturated carbocycles. The summed E-state index contributed by atoms with van der Waals surface area (Å²) in [6, 6.07) is 7.41. The monoisotopic (exact) mass is 277 g/mol. The second kappa shape index (κ2) is 6.20. The summed E-state index contributed by atoms with van der Waals surface area (Å²) in [6.45, 7) is 5.71. The first kappa shape index (κ1) is 14.0. The van der Waals surface area contributed by atoms with Crippen LogP contribution in [0, 0.1) is 5.82 Å². The SMILES string of the molecule is NC(CCN1CCN2CCCC2C1)c1ccccc1F. The van der Waals surface area contributed by atoms with E-state index in [1.807, 2.05) is 6.07 Å². The molecule has 2 aliphatic heterocycles. The lowest BCUT2D eigenvalue weighted by Gasteiger charge is -2.37. The number of benzene rings is 1. The van der Waals surface area contributed by atoms with Crippen LogP contribution in [0.25, 0.3) is 0 Å². The molecule has 2 heterocycles. The Kier molecular flexibility index (Phi) is 4.34. The minimum absolute atomic E-state index is 0.180. The average Bonchev–Trinajstić information content (AvgIpc) is 2.92. The van der Waals surface area contributed by atoms with E-state index in [1.54, 1.807) is 12.1 Å². The van der Waals surface area contributed by atoms with Crippen molar-refractivity contribution in [1.82, 2.24) is 9.80 Å². The number of nitrogens with two attached hydrogens (primary N) is 1. The average molecular weight is 277 g/mol. The van der Waals surface area contributed by atoms with E-state index in [0.29, 0.717) is 5.56 Å². The van der Waals surface area contributed by atoms with Gasteiger partial charge in [0.25, 0.3) is 0 Å². The van der Waals surface area contributed by atoms with E-state index in [0.717, 1.165) is 32.1 Å². The second-order valence-corrected chi connectivity index (χ2v) is 6.05. The fourth-order valence-corrected chi connectivity index (χ4v) is 3.51. The van der Waals surface area contributed by atoms with E-state index in [-0.39, 0.29) is 11.9 Å². The molecule has 110 valence electrons. The van der Waals surface area contributed by atoms with Crippen molar-refractivity contribution in [2.45, 2.75) is 31.3 Å². The molecule has 0 radical (unpaired) electrons. The van der Waals surface area contributed by atoms with E-state index in [1.165, 1.54) is 32.0 Å². The van der Waals surface area contributed by atoms with Gasteiger partial charge in [-0.05, 0) is 31.9 Å². The van der Waals surface area contributed by atoms with Crippen LogP contribution >= 0.6 is 0 Å². The molecular weight excluding hydrogens is 253 g/mol. The van der Waals surface area contributed by atoms with Gasteiger partial charge in [-0.15, -0.1) is 0 Å². The lowest BCUT2D eigenvalue weighted by molar-refractivity contribution is 0.102. The number of halogens is 1. The van der Waals surface area contributed by atoms with Crippen LogP contribution in [-0.2, 0) is 0 Å². The number of fused-ring (bicyclic) bond motifs is 1. The first-order valence-electron chi connectivity index (χ1n) is 7.70. The topological polar surface area (TPSA) is 32.5 Å². The molecule has 2 saturated heterocycles. The van der Waals surface area contributed by atoms with Gasteiger partial charge in [0.1, 0.15) is 5.82 Å². The summed E-state index contributed by atoms with van der Waals surface area (Å²) in [4.78, 5) is 5.10. The summed E-state index contributed by atoms with van der Waals surface area (Å²) in [5, 5.41) is 0. The Balaban J connectivity index is 1.51. The highest BCUT2D eigenvalue weighted by molar-refractivity contribution is 5.20. The maximum Gasteiger partial charge on any atom is 0.127 e. The van der Waals surface area contributed by atoms with Crippen LogP contribution in [0.4, 0.5) is 4.39 Å². The van der Waals surface area contributed by atoms with Crippen molar-refractivity contribution in [3.63, 3.8) is 0 Å². The highest BCUT2D eigenvalue weighted by atomic mass is 19.1. The molecule has 4 heteroatoms. The third kappa shape index (κ3) is 3.03. The molecule has 1 aromatic carbocycles. The molecule has 0 spiro atoms. The van der Waals surface area contributed by atoms with Crippen LogP contribution in [0.1, 0.15) is 30.9 Å². The number of nitrogens with zero attached hydrogens (tertiary/aromatic N) is 2. The molecule has 2 aliphatic rings. The zero-order valence-corrected chi connectivity index (χ0v) is 12.0. The van der Waals surface area contributed by atoms with Crippen LogP contribution in [-0.4, -0.2) is 48.6 Å². The van der Waals surface area contributed by atoms with Crippen LogP contribution in [0.3, 0.4) is 0 Å². The van der Waals surface area contributed by atoms with Gasteiger partial charge in [0, 0.05) is 43.8 Å². The molecule has 2 N–H and O–H groups in total. The minimum atomic E-state index is -0.196. The quantitative estimate of drug-likeness (QED) is 0.913. The van der Waals surface area contributed by atoms with Gasteiger partial charge >= 0.3 is 0 Å². The van der Waals surface area contributed by atoms with Gasteiger partial charge < -0.3 is 10.6 Å². The fourth-order valence-electron chi connectivity index (χ4n) is 3.51. The van der Waals surface area contributed by atoms with Gasteiger partial charge in [0.15, 0.2) is 0 Å². The third-order valence-electron chi connectivity index (χ3n) is 4.73. The van der Waals surface area contributed by atoms with E-state index < -0.39 is 0 Å². The molecule has 1 aromatic rings. The zero-order valence-electron chi connectivity index (χ0n) is 12.0. The van der Waals surface area contributed by atoms with Crippen molar-refractivity contribution in [3.05, 3.63) is 35.6 Å². The summed E-state index contributed by atoms with van der Waals surface area (Å²) in [7, 11) is 0. The van der Waals surface area contributed by atoms with Crippen LogP contribution < -0.4 is 5.73 Å². The Morgan fingerprint density at radius 2 is 2.10 bits per heavy atom. The Hall–Kier alpha value is -0.970. The van der Waals surface area contributed by atoms with E-state index in [2.05, 4.69) is 9.80 Å². The molecule has 0 amide bonds. The third-order valence-corrected chi connectivity index (χ3v) is 4.73. The van der Waals surface area contributed by atoms with Gasteiger partial charge in [0.05, 0.1) is 0 Å². The smallest absolute Gasteiger partial charge is 0.127 e. The number of hydrogen-bond acceptors (Lipinski definition) is 3. The summed E-state index contributed by atoms with van der Waals surface area (Å²) >= 11 is 0. The molecular formula is C16H24FN3. The molecule has 2 atom stereocenters. The number of hydrogen-bond donors (Lipinski definition) is 1. The van der Waals surface area contributed by atoms with Crippen molar-refractivity contribution in [3.8, 4) is 0 Å². The molecule has 3 nitrogen and oxygen atoms in total. The first-order chi connectivity index (χ1) is 9.74. The maximum absolute atomic E-state index is 13.7. The lowest BCUT2D eigenvalue weighted by Crippen LogP contribution is -2.50. The van der Waals surface area contributed by atoms with Gasteiger partial charge in [-0.3, -0.25) is 4.90 Å². The first-order valence-corrected chi connectivity index (χ1v) is 7.70. The Labute approximate surface area is 120 Å². The Morgan fingerprint density at radius 3 is 2.95 bits per heavy atom. The van der Waals surface area contributed by atoms with Crippen molar-refractivity contribution < 1.29 is 4.39 Å². The van der Waals surface area contributed by atoms with Crippen molar-refractivity contribution in [2.24, 2.45) is 5.73 Å². The molecule has 2 fully saturated rings. The van der Waals surface area contributed by atoms with Gasteiger partial charge in [-0.25, -0.2) is 4.39 Å². The number of piperazine rings is 1. The van der Waals surface area contributed by atoms with Crippen molar-refractivity contribution in [2.75, 3.05) is 32.7 Å². The summed E-state index contributed by atoms with van der Waals surface area (Å²) in [5.74, 6) is -0.180. The zero-order chi connectivity index (χ0) is 13.9. The summed E-state index contributed by atoms with van der Waals surface area (Å²) in [5.41, 5.74) is 6.79. The lowest BCUT2D eigenvalue weighted by atomic mass is 10.0. The summed E-state index contributed by atoms with van der Waals surface area (Å²) in [6.07, 6.45) is 3.50. The van der Waals surface area contributed by atoms with E-state index in [4.69, 9.17) is 5.73 Å². The largest absolute Gasteiger partial charge is 0.324 e. The van der Waals surface area contributed by atoms with Gasteiger partial charge in [0.2, 0.25) is 0 Å². The Bertz CT molecular complexity index is 451. The molecule has 0 aromatic heterocycles. The molecule has 2 unspecified atom stereocenters. The highest BCUT2D eigenvalue weighted by Crippen LogP contribution is 2.23. The Morgan fingerprint density at radius 1 is 1.25 bits per heavy atom.